The topological polar surface area (TPSA) is 98.1 Å². The van der Waals surface area contributed by atoms with Crippen LogP contribution in [0.5, 0.6) is 11.5 Å². The predicted molar refractivity (Wildman–Crippen MR) is 101 cm³/mol. The first-order valence-corrected chi connectivity index (χ1v) is 8.88. The van der Waals surface area contributed by atoms with Crippen molar-refractivity contribution < 1.29 is 28.5 Å². The number of carbonyl (C=O) groups excluding carboxylic acids is 2. The molecule has 0 bridgehead atoms. The molecule has 1 fully saturated rings. The first-order chi connectivity index (χ1) is 13.4. The van der Waals surface area contributed by atoms with E-state index in [0.717, 1.165) is 0 Å². The molecule has 0 saturated carbocycles. The van der Waals surface area contributed by atoms with Crippen LogP contribution >= 0.6 is 0 Å². The lowest BCUT2D eigenvalue weighted by molar-refractivity contribution is -0.154. The fourth-order valence-corrected chi connectivity index (χ4v) is 2.84. The molecule has 2 rings (SSSR count). The van der Waals surface area contributed by atoms with E-state index >= 15 is 0 Å². The monoisotopic (exact) mass is 388 g/mol. The maximum atomic E-state index is 12.2. The minimum absolute atomic E-state index is 0.0432. The number of hydrogen-bond acceptors (Lipinski definition) is 7. The lowest BCUT2D eigenvalue weighted by Gasteiger charge is -2.35. The van der Waals surface area contributed by atoms with Crippen molar-refractivity contribution >= 4 is 18.0 Å². The van der Waals surface area contributed by atoms with E-state index in [0.29, 0.717) is 30.2 Å². The highest BCUT2D eigenvalue weighted by atomic mass is 16.5. The Labute approximate surface area is 164 Å². The number of nitrogens with zero attached hydrogens (tertiary/aromatic N) is 2. The van der Waals surface area contributed by atoms with Crippen molar-refractivity contribution in [3.8, 4) is 17.6 Å². The van der Waals surface area contributed by atoms with E-state index in [1.54, 1.807) is 29.2 Å². The Hall–Kier alpha value is -3.05. The van der Waals surface area contributed by atoms with E-state index < -0.39 is 5.97 Å². The number of rotatable bonds is 7. The molecule has 0 aromatic heterocycles. The quantitative estimate of drug-likeness (QED) is 0.519. The molecule has 8 heteroatoms. The van der Waals surface area contributed by atoms with E-state index in [-0.39, 0.29) is 31.3 Å². The van der Waals surface area contributed by atoms with Crippen LogP contribution in [0, 0.1) is 11.3 Å². The number of morpholine rings is 1. The summed E-state index contributed by atoms with van der Waals surface area (Å²) in [6.45, 7) is 4.36. The van der Waals surface area contributed by atoms with E-state index in [4.69, 9.17) is 24.2 Å². The fraction of sp³-hybridized carbons (Fsp3) is 0.450. The number of carbonyl (C=O) groups is 2. The first kappa shape index (κ1) is 21.3. The Morgan fingerprint density at radius 1 is 1.29 bits per heavy atom. The van der Waals surface area contributed by atoms with Crippen LogP contribution < -0.4 is 9.47 Å². The van der Waals surface area contributed by atoms with Crippen LogP contribution in [0.25, 0.3) is 6.08 Å². The Morgan fingerprint density at radius 2 is 2.00 bits per heavy atom. The van der Waals surface area contributed by atoms with E-state index in [1.807, 2.05) is 19.9 Å². The van der Waals surface area contributed by atoms with Crippen molar-refractivity contribution in [3.63, 3.8) is 0 Å². The number of ether oxygens (including phenoxy) is 4. The SMILES string of the molecule is COc1cc(/C=C/C(=O)OCC(=O)N2CC(C)OC(C)C2)ccc1OCC#N. The van der Waals surface area contributed by atoms with Crippen molar-refractivity contribution in [2.45, 2.75) is 26.1 Å². The molecule has 2 atom stereocenters. The number of esters is 1. The summed E-state index contributed by atoms with van der Waals surface area (Å²) in [6, 6.07) is 6.90. The largest absolute Gasteiger partial charge is 0.493 e. The molecule has 1 aliphatic rings. The molecular weight excluding hydrogens is 364 g/mol. The number of methoxy groups -OCH3 is 1. The lowest BCUT2D eigenvalue weighted by Crippen LogP contribution is -2.49. The van der Waals surface area contributed by atoms with Gasteiger partial charge in [-0.05, 0) is 37.6 Å². The Balaban J connectivity index is 1.87. The summed E-state index contributed by atoms with van der Waals surface area (Å²) >= 11 is 0. The summed E-state index contributed by atoms with van der Waals surface area (Å²) in [6.07, 6.45) is 2.70. The van der Waals surface area contributed by atoms with E-state index in [9.17, 15) is 9.59 Å². The maximum absolute atomic E-state index is 12.2. The van der Waals surface area contributed by atoms with Crippen LogP contribution in [-0.2, 0) is 19.1 Å². The highest BCUT2D eigenvalue weighted by molar-refractivity contribution is 5.89. The van der Waals surface area contributed by atoms with Gasteiger partial charge in [0.25, 0.3) is 5.91 Å². The molecule has 1 aromatic carbocycles. The molecule has 150 valence electrons. The third-order valence-electron chi connectivity index (χ3n) is 4.00. The molecular formula is C20H24N2O6. The summed E-state index contributed by atoms with van der Waals surface area (Å²) in [5.41, 5.74) is 0.681. The summed E-state index contributed by atoms with van der Waals surface area (Å²) < 4.78 is 21.1. The summed E-state index contributed by atoms with van der Waals surface area (Å²) in [5, 5.41) is 8.58. The Morgan fingerprint density at radius 3 is 2.64 bits per heavy atom. The Bertz CT molecular complexity index is 760. The van der Waals surface area contributed by atoms with Gasteiger partial charge in [-0.15, -0.1) is 0 Å². The molecule has 28 heavy (non-hydrogen) atoms. The van der Waals surface area contributed by atoms with Gasteiger partial charge in [0.1, 0.15) is 6.07 Å². The molecule has 0 N–H and O–H groups in total. The van der Waals surface area contributed by atoms with Gasteiger partial charge in [0.2, 0.25) is 0 Å². The number of nitriles is 1. The molecule has 2 unspecified atom stereocenters. The third kappa shape index (κ3) is 6.28. The maximum Gasteiger partial charge on any atom is 0.331 e. The first-order valence-electron chi connectivity index (χ1n) is 8.88. The highest BCUT2D eigenvalue weighted by Gasteiger charge is 2.26. The molecule has 1 aromatic rings. The predicted octanol–water partition coefficient (Wildman–Crippen LogP) is 1.79. The van der Waals surface area contributed by atoms with Gasteiger partial charge in [0.05, 0.1) is 19.3 Å². The van der Waals surface area contributed by atoms with Crippen molar-refractivity contribution in [1.82, 2.24) is 4.90 Å². The van der Waals surface area contributed by atoms with Crippen molar-refractivity contribution in [2.24, 2.45) is 0 Å². The molecule has 1 saturated heterocycles. The van der Waals surface area contributed by atoms with Gasteiger partial charge in [-0.25, -0.2) is 4.79 Å². The van der Waals surface area contributed by atoms with Gasteiger partial charge < -0.3 is 23.8 Å². The van der Waals surface area contributed by atoms with E-state index in [2.05, 4.69) is 0 Å². The number of benzene rings is 1. The standard InChI is InChI=1S/C20H24N2O6/c1-14-11-22(12-15(2)28-14)19(23)13-27-20(24)7-5-16-4-6-17(26-9-8-21)18(10-16)25-3/h4-7,10,14-15H,9,11-13H2,1-3H3/b7-5+. The van der Waals surface area contributed by atoms with Gasteiger partial charge in [-0.3, -0.25) is 4.79 Å². The Kier molecular flexibility index (Phi) is 7.84. The average Bonchev–Trinajstić information content (AvgIpc) is 2.68. The van der Waals surface area contributed by atoms with E-state index in [1.165, 1.54) is 13.2 Å². The molecule has 1 amide bonds. The summed E-state index contributed by atoms with van der Waals surface area (Å²) in [4.78, 5) is 25.7. The number of hydrogen-bond donors (Lipinski definition) is 0. The van der Waals surface area contributed by atoms with Crippen LogP contribution in [0.15, 0.2) is 24.3 Å². The van der Waals surface area contributed by atoms with Crippen LogP contribution in [-0.4, -0.2) is 62.4 Å². The van der Waals surface area contributed by atoms with Crippen LogP contribution in [0.2, 0.25) is 0 Å². The van der Waals surface area contributed by atoms with Gasteiger partial charge in [-0.1, -0.05) is 6.07 Å². The van der Waals surface area contributed by atoms with Crippen LogP contribution in [0.4, 0.5) is 0 Å². The van der Waals surface area contributed by atoms with Gasteiger partial charge in [0.15, 0.2) is 24.7 Å². The molecule has 1 heterocycles. The molecule has 1 aliphatic heterocycles. The zero-order chi connectivity index (χ0) is 20.5. The number of amides is 1. The van der Waals surface area contributed by atoms with Crippen molar-refractivity contribution in [2.75, 3.05) is 33.4 Å². The normalized spacial score (nSPS) is 19.1. The lowest BCUT2D eigenvalue weighted by atomic mass is 10.2. The smallest absolute Gasteiger partial charge is 0.331 e. The summed E-state index contributed by atoms with van der Waals surface area (Å²) in [5.74, 6) is 0.00994. The second kappa shape index (κ2) is 10.3. The van der Waals surface area contributed by atoms with Crippen LogP contribution in [0.1, 0.15) is 19.4 Å². The second-order valence-corrected chi connectivity index (χ2v) is 6.35. The zero-order valence-electron chi connectivity index (χ0n) is 16.2. The fourth-order valence-electron chi connectivity index (χ4n) is 2.84. The molecule has 0 aliphatic carbocycles. The van der Waals surface area contributed by atoms with Gasteiger partial charge >= 0.3 is 5.97 Å². The minimum Gasteiger partial charge on any atom is -0.493 e. The van der Waals surface area contributed by atoms with Gasteiger partial charge in [-0.2, -0.15) is 5.26 Å². The summed E-state index contributed by atoms with van der Waals surface area (Å²) in [7, 11) is 1.48. The molecule has 0 spiro atoms. The third-order valence-corrected chi connectivity index (χ3v) is 4.00. The molecule has 0 radical (unpaired) electrons. The highest BCUT2D eigenvalue weighted by Crippen LogP contribution is 2.28. The zero-order valence-corrected chi connectivity index (χ0v) is 16.2. The van der Waals surface area contributed by atoms with Gasteiger partial charge in [0, 0.05) is 19.2 Å². The average molecular weight is 388 g/mol. The second-order valence-electron chi connectivity index (χ2n) is 6.35. The minimum atomic E-state index is -0.619. The van der Waals surface area contributed by atoms with Crippen molar-refractivity contribution in [3.05, 3.63) is 29.8 Å². The van der Waals surface area contributed by atoms with Crippen LogP contribution in [0.3, 0.4) is 0 Å². The molecule has 8 nitrogen and oxygen atoms in total. The van der Waals surface area contributed by atoms with Crippen molar-refractivity contribution in [1.29, 1.82) is 5.26 Å².